The van der Waals surface area contributed by atoms with E-state index in [9.17, 15) is 4.79 Å². The zero-order chi connectivity index (χ0) is 14.8. The minimum atomic E-state index is -0.157. The molecular weight excluding hydrogens is 286 g/mol. The lowest BCUT2D eigenvalue weighted by Gasteiger charge is -2.20. The molecule has 0 aromatic carbocycles. The van der Waals surface area contributed by atoms with Gasteiger partial charge in [0.15, 0.2) is 5.13 Å². The monoisotopic (exact) mass is 305 g/mol. The highest BCUT2D eigenvalue weighted by molar-refractivity contribution is 7.15. The number of piperidine rings is 1. The molecule has 0 unspecified atom stereocenters. The summed E-state index contributed by atoms with van der Waals surface area (Å²) in [6.45, 7) is 5.74. The highest BCUT2D eigenvalue weighted by atomic mass is 32.1. The van der Waals surface area contributed by atoms with Crippen LogP contribution in [0.15, 0.2) is 16.7 Å². The molecule has 6 heteroatoms. The van der Waals surface area contributed by atoms with E-state index in [1.54, 1.807) is 24.3 Å². The first-order valence-electron chi connectivity index (χ1n) is 7.18. The van der Waals surface area contributed by atoms with Crippen LogP contribution >= 0.6 is 11.3 Å². The third kappa shape index (κ3) is 3.16. The van der Waals surface area contributed by atoms with Crippen LogP contribution in [0.25, 0.3) is 0 Å². The van der Waals surface area contributed by atoms with Gasteiger partial charge in [0.25, 0.3) is 5.91 Å². The Hall–Kier alpha value is -1.66. The van der Waals surface area contributed by atoms with Gasteiger partial charge in [0.05, 0.1) is 5.56 Å². The average molecular weight is 305 g/mol. The molecule has 1 amide bonds. The van der Waals surface area contributed by atoms with Gasteiger partial charge in [0.1, 0.15) is 11.5 Å². The summed E-state index contributed by atoms with van der Waals surface area (Å²) in [7, 11) is 0. The SMILES string of the molecule is Cc1cc(C(=O)Nc2ncc(C3CCNCC3)s2)c(C)o1. The lowest BCUT2D eigenvalue weighted by Crippen LogP contribution is -2.26. The second kappa shape index (κ2) is 5.99. The summed E-state index contributed by atoms with van der Waals surface area (Å²) in [6, 6.07) is 1.76. The molecule has 0 saturated carbocycles. The quantitative estimate of drug-likeness (QED) is 0.914. The maximum atomic E-state index is 12.2. The summed E-state index contributed by atoms with van der Waals surface area (Å²) in [4.78, 5) is 17.8. The van der Waals surface area contributed by atoms with Gasteiger partial charge in [0, 0.05) is 11.1 Å². The fourth-order valence-corrected chi connectivity index (χ4v) is 3.64. The second-order valence-electron chi connectivity index (χ2n) is 5.37. The fourth-order valence-electron chi connectivity index (χ4n) is 2.66. The van der Waals surface area contributed by atoms with Crippen LogP contribution in [0, 0.1) is 13.8 Å². The molecule has 3 rings (SSSR count). The number of rotatable bonds is 3. The number of aromatic nitrogens is 1. The standard InChI is InChI=1S/C15H19N3O2S/c1-9-7-12(10(2)20-9)14(19)18-15-17-8-13(21-15)11-3-5-16-6-4-11/h7-8,11,16H,3-6H2,1-2H3,(H,17,18,19). The van der Waals surface area contributed by atoms with Crippen LogP contribution in [0.1, 0.15) is 45.5 Å². The molecule has 0 atom stereocenters. The van der Waals surface area contributed by atoms with E-state index in [0.29, 0.717) is 22.4 Å². The molecule has 0 aliphatic carbocycles. The summed E-state index contributed by atoms with van der Waals surface area (Å²) in [6.07, 6.45) is 4.16. The van der Waals surface area contributed by atoms with Crippen molar-refractivity contribution in [3.8, 4) is 0 Å². The van der Waals surface area contributed by atoms with E-state index in [-0.39, 0.29) is 5.91 Å². The topological polar surface area (TPSA) is 67.2 Å². The highest BCUT2D eigenvalue weighted by Crippen LogP contribution is 2.31. The van der Waals surface area contributed by atoms with E-state index in [1.807, 2.05) is 13.1 Å². The molecule has 0 bridgehead atoms. The minimum absolute atomic E-state index is 0.157. The summed E-state index contributed by atoms with van der Waals surface area (Å²) < 4.78 is 5.39. The van der Waals surface area contributed by atoms with Crippen molar-refractivity contribution in [3.63, 3.8) is 0 Å². The van der Waals surface area contributed by atoms with Crippen molar-refractivity contribution in [2.75, 3.05) is 18.4 Å². The molecule has 1 aliphatic rings. The van der Waals surface area contributed by atoms with Crippen LogP contribution < -0.4 is 10.6 Å². The number of nitrogens with one attached hydrogen (secondary N) is 2. The van der Waals surface area contributed by atoms with Gasteiger partial charge in [-0.15, -0.1) is 11.3 Å². The predicted octanol–water partition coefficient (Wildman–Crippen LogP) is 3.07. The first kappa shape index (κ1) is 14.3. The lowest BCUT2D eigenvalue weighted by molar-refractivity contribution is 0.102. The van der Waals surface area contributed by atoms with Gasteiger partial charge in [-0.05, 0) is 51.8 Å². The van der Waals surface area contributed by atoms with Crippen LogP contribution in [0.4, 0.5) is 5.13 Å². The van der Waals surface area contributed by atoms with Crippen LogP contribution in [0.3, 0.4) is 0 Å². The van der Waals surface area contributed by atoms with Crippen molar-refractivity contribution in [3.05, 3.63) is 34.2 Å². The van der Waals surface area contributed by atoms with Crippen molar-refractivity contribution < 1.29 is 9.21 Å². The van der Waals surface area contributed by atoms with Crippen molar-refractivity contribution in [2.45, 2.75) is 32.6 Å². The maximum absolute atomic E-state index is 12.2. The van der Waals surface area contributed by atoms with Crippen molar-refractivity contribution >= 4 is 22.4 Å². The Balaban J connectivity index is 1.69. The van der Waals surface area contributed by atoms with E-state index in [1.165, 1.54) is 4.88 Å². The number of furan rings is 1. The van der Waals surface area contributed by atoms with Gasteiger partial charge in [-0.3, -0.25) is 10.1 Å². The van der Waals surface area contributed by atoms with Crippen LogP contribution in [-0.2, 0) is 0 Å². The molecular formula is C15H19N3O2S. The number of carbonyl (C=O) groups excluding carboxylic acids is 1. The zero-order valence-electron chi connectivity index (χ0n) is 12.2. The molecule has 0 radical (unpaired) electrons. The summed E-state index contributed by atoms with van der Waals surface area (Å²) in [5.74, 6) is 1.79. The van der Waals surface area contributed by atoms with Gasteiger partial charge in [0.2, 0.25) is 0 Å². The van der Waals surface area contributed by atoms with Crippen LogP contribution in [-0.4, -0.2) is 24.0 Å². The third-order valence-electron chi connectivity index (χ3n) is 3.77. The first-order valence-corrected chi connectivity index (χ1v) is 8.00. The van der Waals surface area contributed by atoms with E-state index in [0.717, 1.165) is 31.7 Å². The molecule has 2 aromatic heterocycles. The first-order chi connectivity index (χ1) is 10.1. The number of thiazole rings is 1. The fraction of sp³-hybridized carbons (Fsp3) is 0.467. The zero-order valence-corrected chi connectivity index (χ0v) is 13.0. The number of anilines is 1. The van der Waals surface area contributed by atoms with E-state index in [2.05, 4.69) is 15.6 Å². The maximum Gasteiger partial charge on any atom is 0.260 e. The molecule has 2 aromatic rings. The highest BCUT2D eigenvalue weighted by Gasteiger charge is 2.19. The number of nitrogens with zero attached hydrogens (tertiary/aromatic N) is 1. The third-order valence-corrected chi connectivity index (χ3v) is 4.85. The molecule has 112 valence electrons. The number of hydrogen-bond donors (Lipinski definition) is 2. The van der Waals surface area contributed by atoms with Gasteiger partial charge < -0.3 is 9.73 Å². The largest absolute Gasteiger partial charge is 0.466 e. The van der Waals surface area contributed by atoms with Gasteiger partial charge >= 0.3 is 0 Å². The van der Waals surface area contributed by atoms with Crippen molar-refractivity contribution in [1.29, 1.82) is 0 Å². The Morgan fingerprint density at radius 3 is 2.86 bits per heavy atom. The Kier molecular flexibility index (Phi) is 4.07. The summed E-state index contributed by atoms with van der Waals surface area (Å²) in [5, 5.41) is 6.88. The van der Waals surface area contributed by atoms with Gasteiger partial charge in [-0.2, -0.15) is 0 Å². The van der Waals surface area contributed by atoms with E-state index in [4.69, 9.17) is 4.42 Å². The molecule has 0 spiro atoms. The van der Waals surface area contributed by atoms with Gasteiger partial charge in [-0.25, -0.2) is 4.98 Å². The van der Waals surface area contributed by atoms with E-state index >= 15 is 0 Å². The lowest BCUT2D eigenvalue weighted by atomic mass is 9.97. The minimum Gasteiger partial charge on any atom is -0.466 e. The Morgan fingerprint density at radius 1 is 1.43 bits per heavy atom. The Morgan fingerprint density at radius 2 is 2.19 bits per heavy atom. The second-order valence-corrected chi connectivity index (χ2v) is 6.44. The smallest absolute Gasteiger partial charge is 0.260 e. The average Bonchev–Trinajstić information content (AvgIpc) is 3.06. The van der Waals surface area contributed by atoms with Crippen LogP contribution in [0.2, 0.25) is 0 Å². The summed E-state index contributed by atoms with van der Waals surface area (Å²) >= 11 is 1.57. The number of aryl methyl sites for hydroxylation is 2. The molecule has 21 heavy (non-hydrogen) atoms. The summed E-state index contributed by atoms with van der Waals surface area (Å²) in [5.41, 5.74) is 0.575. The van der Waals surface area contributed by atoms with Gasteiger partial charge in [-0.1, -0.05) is 0 Å². The number of carbonyl (C=O) groups is 1. The van der Waals surface area contributed by atoms with Crippen molar-refractivity contribution in [2.24, 2.45) is 0 Å². The number of hydrogen-bond acceptors (Lipinski definition) is 5. The molecule has 2 N–H and O–H groups in total. The molecule has 5 nitrogen and oxygen atoms in total. The van der Waals surface area contributed by atoms with Crippen LogP contribution in [0.5, 0.6) is 0 Å². The Labute approximate surface area is 127 Å². The molecule has 1 fully saturated rings. The number of amides is 1. The normalized spacial score (nSPS) is 16.1. The van der Waals surface area contributed by atoms with E-state index < -0.39 is 0 Å². The molecule has 1 saturated heterocycles. The Bertz CT molecular complexity index is 641. The molecule has 3 heterocycles. The van der Waals surface area contributed by atoms with Crippen molar-refractivity contribution in [1.82, 2.24) is 10.3 Å². The predicted molar refractivity (Wildman–Crippen MR) is 83.1 cm³/mol. The molecule has 1 aliphatic heterocycles.